The summed E-state index contributed by atoms with van der Waals surface area (Å²) in [5.74, 6) is -0.705. The predicted octanol–water partition coefficient (Wildman–Crippen LogP) is 4.39. The number of hydrogen-bond donors (Lipinski definition) is 0. The van der Waals surface area contributed by atoms with E-state index in [4.69, 9.17) is 10.00 Å². The third-order valence-corrected chi connectivity index (χ3v) is 2.78. The molecule has 2 rings (SSSR count). The van der Waals surface area contributed by atoms with Crippen LogP contribution < -0.4 is 4.74 Å². The third kappa shape index (κ3) is 2.84. The monoisotopic (exact) mass is 309 g/mol. The molecule has 0 amide bonds. The average molecular weight is 310 g/mol. The van der Waals surface area contributed by atoms with Gasteiger partial charge in [0.05, 0.1) is 16.1 Å². The summed E-state index contributed by atoms with van der Waals surface area (Å²) in [5.41, 5.74) is 0.137. The summed E-state index contributed by atoms with van der Waals surface area (Å²) >= 11 is 3.19. The van der Waals surface area contributed by atoms with Crippen LogP contribution in [0.5, 0.6) is 11.5 Å². The van der Waals surface area contributed by atoms with Gasteiger partial charge in [-0.3, -0.25) is 0 Å². The molecule has 0 spiro atoms. The van der Waals surface area contributed by atoms with Crippen LogP contribution in [0.25, 0.3) is 0 Å². The summed E-state index contributed by atoms with van der Waals surface area (Å²) < 4.78 is 32.1. The Balaban J connectivity index is 2.37. The van der Waals surface area contributed by atoms with E-state index in [1.165, 1.54) is 24.3 Å². The third-order valence-electron chi connectivity index (χ3n) is 2.12. The van der Waals surface area contributed by atoms with Crippen molar-refractivity contribution in [3.05, 3.63) is 58.1 Å². The summed E-state index contributed by atoms with van der Waals surface area (Å²) in [7, 11) is 0. The van der Waals surface area contributed by atoms with E-state index >= 15 is 0 Å². The highest BCUT2D eigenvalue weighted by atomic mass is 79.9. The van der Waals surface area contributed by atoms with Crippen LogP contribution in [0.3, 0.4) is 0 Å². The van der Waals surface area contributed by atoms with Crippen molar-refractivity contribution in [3.63, 3.8) is 0 Å². The lowest BCUT2D eigenvalue weighted by atomic mass is 10.2. The van der Waals surface area contributed by atoms with Gasteiger partial charge in [0.1, 0.15) is 23.1 Å². The van der Waals surface area contributed by atoms with Gasteiger partial charge in [-0.1, -0.05) is 0 Å². The Hall–Kier alpha value is -1.93. The van der Waals surface area contributed by atoms with Crippen molar-refractivity contribution in [1.82, 2.24) is 0 Å². The molecule has 0 bridgehead atoms. The molecule has 0 aliphatic carbocycles. The Kier molecular flexibility index (Phi) is 3.58. The van der Waals surface area contributed by atoms with E-state index in [1.807, 2.05) is 6.07 Å². The molecule has 18 heavy (non-hydrogen) atoms. The molecule has 0 radical (unpaired) electrons. The van der Waals surface area contributed by atoms with E-state index in [-0.39, 0.29) is 17.1 Å². The van der Waals surface area contributed by atoms with Crippen LogP contribution in [0.1, 0.15) is 5.56 Å². The second kappa shape index (κ2) is 5.15. The molecule has 0 fully saturated rings. The van der Waals surface area contributed by atoms with Crippen molar-refractivity contribution in [2.45, 2.75) is 0 Å². The van der Waals surface area contributed by atoms with Gasteiger partial charge in [0.2, 0.25) is 0 Å². The minimum absolute atomic E-state index is 0.137. The first-order chi connectivity index (χ1) is 8.58. The molecular weight excluding hydrogens is 304 g/mol. The molecule has 0 saturated carbocycles. The van der Waals surface area contributed by atoms with Crippen LogP contribution in [-0.4, -0.2) is 0 Å². The number of nitrogens with zero attached hydrogens (tertiary/aromatic N) is 1. The van der Waals surface area contributed by atoms with Crippen molar-refractivity contribution < 1.29 is 13.5 Å². The zero-order valence-corrected chi connectivity index (χ0v) is 10.5. The van der Waals surface area contributed by atoms with Gasteiger partial charge in [0.25, 0.3) is 0 Å². The summed E-state index contributed by atoms with van der Waals surface area (Å²) in [4.78, 5) is 0. The van der Waals surface area contributed by atoms with Gasteiger partial charge >= 0.3 is 0 Å². The lowest BCUT2D eigenvalue weighted by molar-refractivity contribution is 0.468. The van der Waals surface area contributed by atoms with E-state index in [0.29, 0.717) is 4.47 Å². The molecule has 0 saturated heterocycles. The number of halogens is 3. The number of hydrogen-bond acceptors (Lipinski definition) is 2. The Morgan fingerprint density at radius 2 is 1.83 bits per heavy atom. The molecule has 0 unspecified atom stereocenters. The predicted molar refractivity (Wildman–Crippen MR) is 65.3 cm³/mol. The fraction of sp³-hybridized carbons (Fsp3) is 0. The van der Waals surface area contributed by atoms with E-state index in [1.54, 1.807) is 0 Å². The van der Waals surface area contributed by atoms with Crippen molar-refractivity contribution in [2.75, 3.05) is 0 Å². The van der Waals surface area contributed by atoms with E-state index < -0.39 is 11.6 Å². The Bertz CT molecular complexity index is 637. The highest BCUT2D eigenvalue weighted by Crippen LogP contribution is 2.31. The molecule has 0 heterocycles. The van der Waals surface area contributed by atoms with Gasteiger partial charge in [-0.2, -0.15) is 5.26 Å². The molecule has 5 heteroatoms. The first kappa shape index (κ1) is 12.5. The van der Waals surface area contributed by atoms with E-state index in [2.05, 4.69) is 15.9 Å². The van der Waals surface area contributed by atoms with Crippen LogP contribution in [0.4, 0.5) is 8.78 Å². The maximum atomic E-state index is 13.2. The van der Waals surface area contributed by atoms with Gasteiger partial charge in [-0.05, 0) is 40.2 Å². The molecular formula is C13H6BrF2NO. The minimum Gasteiger partial charge on any atom is -0.456 e. The van der Waals surface area contributed by atoms with Crippen molar-refractivity contribution in [3.8, 4) is 17.6 Å². The molecule has 0 aromatic heterocycles. The summed E-state index contributed by atoms with van der Waals surface area (Å²) in [6.07, 6.45) is 0. The average Bonchev–Trinajstić information content (AvgIpc) is 2.33. The first-order valence-corrected chi connectivity index (χ1v) is 5.71. The number of benzene rings is 2. The molecule has 2 nitrogen and oxygen atoms in total. The van der Waals surface area contributed by atoms with Crippen molar-refractivity contribution >= 4 is 15.9 Å². The molecule has 0 aliphatic heterocycles. The van der Waals surface area contributed by atoms with Crippen LogP contribution in [-0.2, 0) is 0 Å². The normalized spacial score (nSPS) is 9.89. The number of rotatable bonds is 2. The van der Waals surface area contributed by atoms with Crippen molar-refractivity contribution in [1.29, 1.82) is 5.26 Å². The van der Waals surface area contributed by atoms with Gasteiger partial charge in [-0.15, -0.1) is 0 Å². The number of nitriles is 1. The molecule has 0 N–H and O–H groups in total. The van der Waals surface area contributed by atoms with Crippen LogP contribution in [0.15, 0.2) is 40.9 Å². The van der Waals surface area contributed by atoms with E-state index in [0.717, 1.165) is 12.1 Å². The second-order valence-corrected chi connectivity index (χ2v) is 4.32. The minimum atomic E-state index is -0.587. The highest BCUT2D eigenvalue weighted by Gasteiger charge is 2.07. The summed E-state index contributed by atoms with van der Waals surface area (Å²) in [5, 5.41) is 8.71. The van der Waals surface area contributed by atoms with Gasteiger partial charge in [0.15, 0.2) is 0 Å². The molecule has 2 aromatic rings. The zero-order chi connectivity index (χ0) is 13.1. The maximum absolute atomic E-state index is 13.2. The van der Waals surface area contributed by atoms with Gasteiger partial charge in [0, 0.05) is 12.1 Å². The van der Waals surface area contributed by atoms with Gasteiger partial charge < -0.3 is 4.74 Å². The zero-order valence-electron chi connectivity index (χ0n) is 8.95. The largest absolute Gasteiger partial charge is 0.456 e. The molecule has 0 aliphatic rings. The molecule has 90 valence electrons. The fourth-order valence-electron chi connectivity index (χ4n) is 1.37. The summed E-state index contributed by atoms with van der Waals surface area (Å²) in [6.45, 7) is 0. The SMILES string of the molecule is N#Cc1cc(F)cc(Oc2cc(F)ccc2Br)c1. The fourth-order valence-corrected chi connectivity index (χ4v) is 1.70. The lowest BCUT2D eigenvalue weighted by Gasteiger charge is -2.08. The van der Waals surface area contributed by atoms with Crippen LogP contribution in [0, 0.1) is 23.0 Å². The van der Waals surface area contributed by atoms with Crippen molar-refractivity contribution in [2.24, 2.45) is 0 Å². The molecule has 0 atom stereocenters. The first-order valence-electron chi connectivity index (χ1n) is 4.92. The molecule has 2 aromatic carbocycles. The van der Waals surface area contributed by atoms with E-state index in [9.17, 15) is 8.78 Å². The van der Waals surface area contributed by atoms with Crippen LogP contribution in [0.2, 0.25) is 0 Å². The summed E-state index contributed by atoms with van der Waals surface area (Å²) in [6, 6.07) is 9.32. The Morgan fingerprint density at radius 1 is 1.06 bits per heavy atom. The highest BCUT2D eigenvalue weighted by molar-refractivity contribution is 9.10. The smallest absolute Gasteiger partial charge is 0.144 e. The Morgan fingerprint density at radius 3 is 2.56 bits per heavy atom. The lowest BCUT2D eigenvalue weighted by Crippen LogP contribution is -1.89. The van der Waals surface area contributed by atoms with Crippen LogP contribution >= 0.6 is 15.9 Å². The Labute approximate surface area is 111 Å². The van der Waals surface area contributed by atoms with Gasteiger partial charge in [-0.25, -0.2) is 8.78 Å². The maximum Gasteiger partial charge on any atom is 0.144 e. The topological polar surface area (TPSA) is 33.0 Å². The quantitative estimate of drug-likeness (QED) is 0.824. The number of ether oxygens (including phenoxy) is 1. The standard InChI is InChI=1S/C13H6BrF2NO/c14-12-2-1-9(15)6-13(12)18-11-4-8(7-17)3-10(16)5-11/h1-6H. The second-order valence-electron chi connectivity index (χ2n) is 3.46.